The van der Waals surface area contributed by atoms with Crippen LogP contribution < -0.4 is 0 Å². The van der Waals surface area contributed by atoms with Gasteiger partial charge in [-0.15, -0.1) is 0 Å². The summed E-state index contributed by atoms with van der Waals surface area (Å²) in [6.45, 7) is 6.01. The number of carbonyl (C=O) groups is 1. The third kappa shape index (κ3) is 3.29. The minimum absolute atomic E-state index is 0.167. The summed E-state index contributed by atoms with van der Waals surface area (Å²) in [7, 11) is 1.72. The molecule has 0 aliphatic heterocycles. The second-order valence-electron chi connectivity index (χ2n) is 4.58. The molecule has 3 heteroatoms. The molecule has 0 saturated heterocycles. The molecule has 0 N–H and O–H groups in total. The van der Waals surface area contributed by atoms with Gasteiger partial charge in [-0.05, 0) is 25.7 Å². The molecular formula is C13H25NO2. The molecule has 0 radical (unpaired) electrons. The van der Waals surface area contributed by atoms with Crippen LogP contribution in [0.25, 0.3) is 0 Å². The van der Waals surface area contributed by atoms with Gasteiger partial charge in [0.1, 0.15) is 5.78 Å². The van der Waals surface area contributed by atoms with E-state index in [1.165, 1.54) is 0 Å². The molecule has 1 aliphatic rings. The van der Waals surface area contributed by atoms with Crippen LogP contribution in [0.2, 0.25) is 0 Å². The summed E-state index contributed by atoms with van der Waals surface area (Å²) >= 11 is 0. The smallest absolute Gasteiger partial charge is 0.149 e. The molecule has 1 unspecified atom stereocenters. The first-order valence-corrected chi connectivity index (χ1v) is 6.51. The highest BCUT2D eigenvalue weighted by Crippen LogP contribution is 2.24. The van der Waals surface area contributed by atoms with Gasteiger partial charge >= 0.3 is 0 Å². The average molecular weight is 227 g/mol. The molecule has 1 saturated carbocycles. The zero-order valence-electron chi connectivity index (χ0n) is 10.9. The maximum Gasteiger partial charge on any atom is 0.149 e. The molecule has 1 atom stereocenters. The lowest BCUT2D eigenvalue weighted by Gasteiger charge is -2.34. The number of rotatable bonds is 7. The maximum absolute atomic E-state index is 11.8. The van der Waals surface area contributed by atoms with E-state index in [0.29, 0.717) is 11.8 Å². The first-order chi connectivity index (χ1) is 7.74. The summed E-state index contributed by atoms with van der Waals surface area (Å²) in [6, 6.07) is 0.697. The molecule has 0 heterocycles. The number of carbonyl (C=O) groups excluding carboxylic acids is 1. The van der Waals surface area contributed by atoms with E-state index in [9.17, 15) is 4.79 Å². The van der Waals surface area contributed by atoms with E-state index in [4.69, 9.17) is 4.74 Å². The molecule has 1 aliphatic carbocycles. The number of ketones is 1. The monoisotopic (exact) mass is 227 g/mol. The van der Waals surface area contributed by atoms with E-state index in [1.54, 1.807) is 7.11 Å². The fourth-order valence-corrected chi connectivity index (χ4v) is 2.70. The zero-order valence-corrected chi connectivity index (χ0v) is 10.9. The van der Waals surface area contributed by atoms with Gasteiger partial charge in [-0.1, -0.05) is 13.8 Å². The molecule has 0 aromatic carbocycles. The molecule has 16 heavy (non-hydrogen) atoms. The van der Waals surface area contributed by atoms with E-state index >= 15 is 0 Å². The van der Waals surface area contributed by atoms with Crippen molar-refractivity contribution >= 4 is 5.78 Å². The summed E-state index contributed by atoms with van der Waals surface area (Å²) in [4.78, 5) is 14.2. The lowest BCUT2D eigenvalue weighted by atomic mass is 10.1. The summed E-state index contributed by atoms with van der Waals surface area (Å²) in [5.41, 5.74) is 0. The van der Waals surface area contributed by atoms with Crippen molar-refractivity contribution in [1.29, 1.82) is 0 Å². The third-order valence-electron chi connectivity index (χ3n) is 3.64. The summed E-state index contributed by atoms with van der Waals surface area (Å²) in [5.74, 6) is 0.433. The fourth-order valence-electron chi connectivity index (χ4n) is 2.70. The fraction of sp³-hybridized carbons (Fsp3) is 0.923. The van der Waals surface area contributed by atoms with Gasteiger partial charge in [0.25, 0.3) is 0 Å². The Morgan fingerprint density at radius 3 is 2.56 bits per heavy atom. The van der Waals surface area contributed by atoms with Crippen molar-refractivity contribution in [1.82, 2.24) is 4.90 Å². The van der Waals surface area contributed by atoms with Gasteiger partial charge in [0.15, 0.2) is 0 Å². The normalized spacial score (nSPS) is 21.3. The van der Waals surface area contributed by atoms with E-state index in [1.807, 2.05) is 0 Å². The summed E-state index contributed by atoms with van der Waals surface area (Å²) < 4.78 is 5.15. The number of hydrogen-bond acceptors (Lipinski definition) is 3. The molecule has 0 bridgehead atoms. The van der Waals surface area contributed by atoms with Gasteiger partial charge in [-0.3, -0.25) is 9.69 Å². The number of Topliss-reactive ketones (excluding diaryl/α,β-unsaturated/α-hetero) is 1. The van der Waals surface area contributed by atoms with Crippen molar-refractivity contribution in [3.05, 3.63) is 0 Å². The summed E-state index contributed by atoms with van der Waals surface area (Å²) in [6.07, 6.45) is 5.11. The van der Waals surface area contributed by atoms with Gasteiger partial charge in [-0.25, -0.2) is 0 Å². The van der Waals surface area contributed by atoms with Crippen LogP contribution >= 0.6 is 0 Å². The van der Waals surface area contributed by atoms with Crippen molar-refractivity contribution in [3.63, 3.8) is 0 Å². The molecule has 94 valence electrons. The molecule has 3 nitrogen and oxygen atoms in total. The van der Waals surface area contributed by atoms with Gasteiger partial charge in [0.05, 0.1) is 12.6 Å². The predicted molar refractivity (Wildman–Crippen MR) is 65.6 cm³/mol. The molecule has 0 aromatic heterocycles. The molecule has 0 amide bonds. The second kappa shape index (κ2) is 7.02. The Kier molecular flexibility index (Phi) is 5.99. The Labute approximate surface area is 99.1 Å². The maximum atomic E-state index is 11.8. The van der Waals surface area contributed by atoms with Crippen LogP contribution in [-0.2, 0) is 9.53 Å². The standard InChI is InChI=1S/C13H25NO2/c1-4-11(5-2)14(9-10-16-3)12-7-6-8-13(12)15/h11-12H,4-10H2,1-3H3. The van der Waals surface area contributed by atoms with Crippen LogP contribution in [0.15, 0.2) is 0 Å². The Hall–Kier alpha value is -0.410. The number of nitrogens with zero attached hydrogens (tertiary/aromatic N) is 1. The van der Waals surface area contributed by atoms with Crippen LogP contribution in [-0.4, -0.2) is 43.0 Å². The van der Waals surface area contributed by atoms with Gasteiger partial charge in [0.2, 0.25) is 0 Å². The number of hydrogen-bond donors (Lipinski definition) is 0. The first-order valence-electron chi connectivity index (χ1n) is 6.51. The van der Waals surface area contributed by atoms with Crippen LogP contribution in [0.4, 0.5) is 0 Å². The zero-order chi connectivity index (χ0) is 12.0. The Bertz CT molecular complexity index is 214. The SMILES string of the molecule is CCC(CC)N(CCOC)C1CCCC1=O. The van der Waals surface area contributed by atoms with E-state index in [-0.39, 0.29) is 6.04 Å². The van der Waals surface area contributed by atoms with Gasteiger partial charge in [0, 0.05) is 26.1 Å². The number of ether oxygens (including phenoxy) is 1. The molecule has 1 rings (SSSR count). The van der Waals surface area contributed by atoms with Crippen LogP contribution in [0.3, 0.4) is 0 Å². The van der Waals surface area contributed by atoms with E-state index < -0.39 is 0 Å². The Morgan fingerprint density at radius 2 is 2.12 bits per heavy atom. The Morgan fingerprint density at radius 1 is 1.44 bits per heavy atom. The topological polar surface area (TPSA) is 29.5 Å². The molecule has 1 fully saturated rings. The third-order valence-corrected chi connectivity index (χ3v) is 3.64. The molecule has 0 aromatic rings. The largest absolute Gasteiger partial charge is 0.383 e. The minimum atomic E-state index is 0.167. The summed E-state index contributed by atoms with van der Waals surface area (Å²) in [5, 5.41) is 0. The van der Waals surface area contributed by atoms with Crippen LogP contribution in [0.1, 0.15) is 46.0 Å². The van der Waals surface area contributed by atoms with Crippen molar-refractivity contribution in [2.75, 3.05) is 20.3 Å². The van der Waals surface area contributed by atoms with Crippen molar-refractivity contribution in [2.24, 2.45) is 0 Å². The van der Waals surface area contributed by atoms with Crippen LogP contribution in [0.5, 0.6) is 0 Å². The first kappa shape index (κ1) is 13.7. The number of methoxy groups -OCH3 is 1. The molecular weight excluding hydrogens is 202 g/mol. The van der Waals surface area contributed by atoms with E-state index in [2.05, 4.69) is 18.7 Å². The highest BCUT2D eigenvalue weighted by Gasteiger charge is 2.32. The van der Waals surface area contributed by atoms with Crippen molar-refractivity contribution in [3.8, 4) is 0 Å². The minimum Gasteiger partial charge on any atom is -0.383 e. The highest BCUT2D eigenvalue weighted by molar-refractivity contribution is 5.85. The lowest BCUT2D eigenvalue weighted by molar-refractivity contribution is -0.123. The van der Waals surface area contributed by atoms with Gasteiger partial charge < -0.3 is 4.74 Å². The van der Waals surface area contributed by atoms with Crippen molar-refractivity contribution < 1.29 is 9.53 Å². The van der Waals surface area contributed by atoms with E-state index in [0.717, 1.165) is 45.3 Å². The highest BCUT2D eigenvalue weighted by atomic mass is 16.5. The van der Waals surface area contributed by atoms with Crippen molar-refractivity contribution in [2.45, 2.75) is 58.0 Å². The van der Waals surface area contributed by atoms with Crippen LogP contribution in [0, 0.1) is 0 Å². The predicted octanol–water partition coefficient (Wildman–Crippen LogP) is 2.25. The molecule has 0 spiro atoms. The quantitative estimate of drug-likeness (QED) is 0.668. The lowest BCUT2D eigenvalue weighted by Crippen LogP contribution is -2.46. The average Bonchev–Trinajstić information content (AvgIpc) is 2.71. The second-order valence-corrected chi connectivity index (χ2v) is 4.58. The Balaban J connectivity index is 2.64. The van der Waals surface area contributed by atoms with Gasteiger partial charge in [-0.2, -0.15) is 0 Å².